The highest BCUT2D eigenvalue weighted by molar-refractivity contribution is 7.51. The van der Waals surface area contributed by atoms with E-state index in [-0.39, 0.29) is 46.3 Å². The van der Waals surface area contributed by atoms with Crippen molar-refractivity contribution in [3.05, 3.63) is 138 Å². The molecule has 3 heterocycles. The zero-order valence-electron chi connectivity index (χ0n) is 23.4. The average Bonchev–Trinajstić information content (AvgIpc) is 2.95. The molecule has 13 heteroatoms. The van der Waals surface area contributed by atoms with Crippen LogP contribution in [0.3, 0.4) is 0 Å². The molecule has 2 aromatic carbocycles. The van der Waals surface area contributed by atoms with Crippen LogP contribution in [0.25, 0.3) is 22.4 Å². The summed E-state index contributed by atoms with van der Waals surface area (Å²) in [5.41, 5.74) is 7.19. The van der Waals surface area contributed by atoms with Crippen LogP contribution >= 0.6 is 15.2 Å². The second-order valence-corrected chi connectivity index (χ2v) is 13.5. The topological polar surface area (TPSA) is 136 Å². The van der Waals surface area contributed by atoms with Crippen LogP contribution in [0.5, 0.6) is 0 Å². The zero-order valence-corrected chi connectivity index (χ0v) is 28.4. The lowest BCUT2D eigenvalue weighted by molar-refractivity contribution is -0.688. The summed E-state index contributed by atoms with van der Waals surface area (Å²) in [6, 6.07) is 26.6. The number of halogens is 2. The first-order valence-corrected chi connectivity index (χ1v) is 16.8. The van der Waals surface area contributed by atoms with Crippen LogP contribution in [-0.4, -0.2) is 24.6 Å². The van der Waals surface area contributed by atoms with Crippen molar-refractivity contribution in [2.24, 2.45) is 0 Å². The summed E-state index contributed by atoms with van der Waals surface area (Å²) in [6.45, 7) is 1.28. The first-order chi connectivity index (χ1) is 20.0. The SMILES string of the molecule is O=P(O)(O)Cc1ccc(C[n+]2ccc(-c3ccc(-c4cc[n+](Cc5ccc(CP(=O)(O)O)cc5)cc4)nc3)cc2)cc1.[Br-].[Br-]. The van der Waals surface area contributed by atoms with E-state index in [1.165, 1.54) is 0 Å². The van der Waals surface area contributed by atoms with Gasteiger partial charge in [-0.05, 0) is 22.8 Å². The minimum atomic E-state index is -4.07. The number of nitrogens with zero attached hydrogens (tertiary/aromatic N) is 3. The number of benzene rings is 2. The van der Waals surface area contributed by atoms with E-state index in [0.717, 1.165) is 33.5 Å². The number of rotatable bonds is 10. The number of hydrogen-bond acceptors (Lipinski definition) is 3. The van der Waals surface area contributed by atoms with Crippen molar-refractivity contribution in [1.29, 1.82) is 0 Å². The monoisotopic (exact) mass is 761 g/mol. The van der Waals surface area contributed by atoms with Gasteiger partial charge in [0.1, 0.15) is 0 Å². The third-order valence-corrected chi connectivity index (χ3v) is 8.28. The highest BCUT2D eigenvalue weighted by Gasteiger charge is 2.15. The van der Waals surface area contributed by atoms with Gasteiger partial charge in [0.25, 0.3) is 0 Å². The normalized spacial score (nSPS) is 11.4. The van der Waals surface area contributed by atoms with Gasteiger partial charge in [0.2, 0.25) is 0 Å². The second kappa shape index (κ2) is 15.4. The molecule has 0 saturated carbocycles. The summed E-state index contributed by atoms with van der Waals surface area (Å²) in [6.07, 6.45) is 9.30. The molecule has 5 aromatic rings. The summed E-state index contributed by atoms with van der Waals surface area (Å²) in [4.78, 5) is 41.2. The Hall–Kier alpha value is -2.85. The molecule has 44 heavy (non-hydrogen) atoms. The lowest BCUT2D eigenvalue weighted by Crippen LogP contribution is -3.00. The van der Waals surface area contributed by atoms with Crippen LogP contribution in [0.2, 0.25) is 0 Å². The smallest absolute Gasteiger partial charge is 0.329 e. The third kappa shape index (κ3) is 10.6. The fourth-order valence-electron chi connectivity index (χ4n) is 4.62. The summed E-state index contributed by atoms with van der Waals surface area (Å²) in [5.74, 6) is 0. The highest BCUT2D eigenvalue weighted by atomic mass is 79.9. The molecule has 0 amide bonds. The van der Waals surface area contributed by atoms with Crippen molar-refractivity contribution >= 4 is 15.2 Å². The van der Waals surface area contributed by atoms with Crippen LogP contribution in [-0.2, 0) is 34.5 Å². The molecule has 4 N–H and O–H groups in total. The lowest BCUT2D eigenvalue weighted by Gasteiger charge is -2.06. The number of pyridine rings is 3. The Balaban J connectivity index is 0.00000264. The number of hydrogen-bond donors (Lipinski definition) is 4. The molecule has 230 valence electrons. The number of aromatic nitrogens is 3. The quantitative estimate of drug-likeness (QED) is 0.100. The zero-order chi connectivity index (χ0) is 29.7. The fraction of sp³-hybridized carbons (Fsp3) is 0.129. The van der Waals surface area contributed by atoms with Crippen molar-refractivity contribution in [3.8, 4) is 22.4 Å². The van der Waals surface area contributed by atoms with E-state index in [9.17, 15) is 9.13 Å². The second-order valence-electron chi connectivity index (χ2n) is 10.2. The third-order valence-electron chi connectivity index (χ3n) is 6.73. The van der Waals surface area contributed by atoms with Crippen LogP contribution in [0.15, 0.2) is 116 Å². The van der Waals surface area contributed by atoms with Crippen molar-refractivity contribution in [2.45, 2.75) is 25.4 Å². The first-order valence-electron chi connectivity index (χ1n) is 13.2. The van der Waals surface area contributed by atoms with Gasteiger partial charge in [-0.15, -0.1) is 0 Å². The molecule has 0 bridgehead atoms. The Morgan fingerprint density at radius 1 is 0.500 bits per heavy atom. The standard InChI is InChI=1S/C31H29N3O6P2.2BrH/c35-41(36,37)22-26-5-1-24(2-6-26)20-33-15-11-28(12-16-33)30-9-10-31(32-19-30)29-13-17-34(18-14-29)21-25-3-7-27(8-4-25)23-42(38,39)40;;/h1-19H,20-23H2,(H2-2,35,36,37,38,39,40);2*1H. The molecule has 0 unspecified atom stereocenters. The maximum Gasteiger partial charge on any atom is 0.329 e. The first kappa shape index (κ1) is 35.6. The van der Waals surface area contributed by atoms with E-state index in [4.69, 9.17) is 19.6 Å². The Morgan fingerprint density at radius 3 is 1.25 bits per heavy atom. The summed E-state index contributed by atoms with van der Waals surface area (Å²) < 4.78 is 26.5. The van der Waals surface area contributed by atoms with Gasteiger partial charge in [-0.3, -0.25) is 14.1 Å². The van der Waals surface area contributed by atoms with Crippen molar-refractivity contribution < 1.29 is 71.8 Å². The molecule has 0 spiro atoms. The summed E-state index contributed by atoms with van der Waals surface area (Å²) in [5, 5.41) is 0. The molecule has 9 nitrogen and oxygen atoms in total. The Bertz CT molecular complexity index is 1610. The van der Waals surface area contributed by atoms with E-state index in [2.05, 4.69) is 4.98 Å². The van der Waals surface area contributed by atoms with Crippen molar-refractivity contribution in [3.63, 3.8) is 0 Å². The summed E-state index contributed by atoms with van der Waals surface area (Å²) >= 11 is 0. The molecule has 0 aliphatic rings. The molecule has 0 saturated heterocycles. The van der Waals surface area contributed by atoms with Gasteiger partial charge < -0.3 is 53.5 Å². The predicted octanol–water partition coefficient (Wildman–Crippen LogP) is -1.55. The van der Waals surface area contributed by atoms with Crippen molar-refractivity contribution in [1.82, 2.24) is 4.98 Å². The van der Waals surface area contributed by atoms with Gasteiger partial charge >= 0.3 is 15.2 Å². The molecule has 0 radical (unpaired) electrons. The molecule has 0 aliphatic carbocycles. The molecule has 5 rings (SSSR count). The maximum atomic E-state index is 11.2. The van der Waals surface area contributed by atoms with Gasteiger partial charge in [-0.2, -0.15) is 0 Å². The van der Waals surface area contributed by atoms with Crippen molar-refractivity contribution in [2.75, 3.05) is 0 Å². The Morgan fingerprint density at radius 2 is 0.886 bits per heavy atom. The molecular formula is C31H31Br2N3O6P2. The van der Waals surface area contributed by atoms with E-state index >= 15 is 0 Å². The highest BCUT2D eigenvalue weighted by Crippen LogP contribution is 2.39. The van der Waals surface area contributed by atoms with Crippen LogP contribution < -0.4 is 43.1 Å². The largest absolute Gasteiger partial charge is 1.00 e. The van der Waals surface area contributed by atoms with Gasteiger partial charge in [-0.1, -0.05) is 54.6 Å². The van der Waals surface area contributed by atoms with Gasteiger partial charge in [0.15, 0.2) is 37.9 Å². The van der Waals surface area contributed by atoms with Gasteiger partial charge in [0.05, 0.1) is 18.0 Å². The van der Waals surface area contributed by atoms with E-state index < -0.39 is 15.2 Å². The molecule has 3 aromatic heterocycles. The van der Waals surface area contributed by atoms with Gasteiger partial charge in [0, 0.05) is 52.7 Å². The predicted molar refractivity (Wildman–Crippen MR) is 158 cm³/mol. The van der Waals surface area contributed by atoms with Gasteiger partial charge in [-0.25, -0.2) is 9.13 Å². The lowest BCUT2D eigenvalue weighted by atomic mass is 10.1. The minimum Gasteiger partial charge on any atom is -1.00 e. The molecule has 0 aliphatic heterocycles. The van der Waals surface area contributed by atoms with E-state index in [0.29, 0.717) is 24.2 Å². The average molecular weight is 763 g/mol. The van der Waals surface area contributed by atoms with E-state index in [1.54, 1.807) is 24.3 Å². The molecule has 0 atom stereocenters. The summed E-state index contributed by atoms with van der Waals surface area (Å²) in [7, 11) is -8.15. The molecule has 0 fully saturated rings. The minimum absolute atomic E-state index is 0. The Labute approximate surface area is 276 Å². The Kier molecular flexibility index (Phi) is 12.5. The molecular weight excluding hydrogens is 732 g/mol. The van der Waals surface area contributed by atoms with Crippen LogP contribution in [0.4, 0.5) is 0 Å². The maximum absolute atomic E-state index is 11.2. The fourth-order valence-corrected chi connectivity index (χ4v) is 5.99. The van der Waals surface area contributed by atoms with Crippen LogP contribution in [0.1, 0.15) is 22.3 Å². The van der Waals surface area contributed by atoms with E-state index in [1.807, 2.05) is 101 Å². The van der Waals surface area contributed by atoms with Crippen LogP contribution in [0, 0.1) is 0 Å².